The molecule has 0 unspecified atom stereocenters. The third kappa shape index (κ3) is 8.37. The summed E-state index contributed by atoms with van der Waals surface area (Å²) in [6, 6.07) is 17.0. The maximum Gasteiger partial charge on any atom is 0.239 e. The third-order valence-electron chi connectivity index (χ3n) is 8.73. The van der Waals surface area contributed by atoms with Crippen molar-refractivity contribution in [3.63, 3.8) is 0 Å². The number of carbonyl (C=O) groups excluding carboxylic acids is 1. The van der Waals surface area contributed by atoms with Gasteiger partial charge in [0.25, 0.3) is 0 Å². The second-order valence-corrected chi connectivity index (χ2v) is 13.3. The predicted molar refractivity (Wildman–Crippen MR) is 172 cm³/mol. The van der Waals surface area contributed by atoms with E-state index in [1.807, 2.05) is 35.2 Å². The van der Waals surface area contributed by atoms with Gasteiger partial charge in [-0.05, 0) is 103 Å². The number of likely N-dealkylation sites (tertiary alicyclic amines) is 1. The van der Waals surface area contributed by atoms with E-state index >= 15 is 0 Å². The zero-order chi connectivity index (χ0) is 30.3. The third-order valence-corrected chi connectivity index (χ3v) is 9.95. The van der Waals surface area contributed by atoms with Crippen molar-refractivity contribution in [2.45, 2.75) is 43.7 Å². The van der Waals surface area contributed by atoms with E-state index < -0.39 is 6.04 Å². The van der Waals surface area contributed by atoms with E-state index in [1.54, 1.807) is 30.0 Å². The van der Waals surface area contributed by atoms with Gasteiger partial charge in [0.1, 0.15) is 11.6 Å². The lowest BCUT2D eigenvalue weighted by molar-refractivity contribution is -0.136. The van der Waals surface area contributed by atoms with Crippen LogP contribution in [0.5, 0.6) is 0 Å². The summed E-state index contributed by atoms with van der Waals surface area (Å²) in [5.74, 6) is 0.670. The molecule has 0 aromatic heterocycles. The fraction of sp³-hybridized carbons (Fsp3) is 0.441. The average molecular weight is 627 g/mol. The fourth-order valence-corrected chi connectivity index (χ4v) is 7.27. The quantitative estimate of drug-likeness (QED) is 0.267. The number of halogens is 3. The highest BCUT2D eigenvalue weighted by Gasteiger charge is 2.32. The summed E-state index contributed by atoms with van der Waals surface area (Å²) in [7, 11) is 0. The Bertz CT molecular complexity index is 1390. The van der Waals surface area contributed by atoms with Gasteiger partial charge in [-0.2, -0.15) is 0 Å². The van der Waals surface area contributed by atoms with Crippen LogP contribution >= 0.6 is 23.4 Å². The molecule has 5 nitrogen and oxygen atoms in total. The molecule has 2 heterocycles. The standard InChI is InChI=1S/C34H41ClF2N4OS/c1-2-43-32-22-30(37)8-6-27(32)23-40-16-18-41(19-17-40)34(42)33(38)24-10-13-39(14-11-24)15-12-26-20-28(35)7-9-31(26)25-4-3-5-29(36)21-25/h3-9,20-22,24,33H,2,10-19,23,38H2,1H3/t33-/m1/s1. The molecule has 0 radical (unpaired) electrons. The minimum absolute atomic E-state index is 0.0563. The highest BCUT2D eigenvalue weighted by molar-refractivity contribution is 7.99. The molecule has 230 valence electrons. The van der Waals surface area contributed by atoms with Crippen LogP contribution in [0.15, 0.2) is 65.6 Å². The van der Waals surface area contributed by atoms with Crippen molar-refractivity contribution in [1.82, 2.24) is 14.7 Å². The number of nitrogens with zero attached hydrogens (tertiary/aromatic N) is 3. The van der Waals surface area contributed by atoms with Gasteiger partial charge in [-0.15, -0.1) is 11.8 Å². The van der Waals surface area contributed by atoms with Crippen LogP contribution in [0.1, 0.15) is 30.9 Å². The van der Waals surface area contributed by atoms with Crippen LogP contribution in [0, 0.1) is 17.6 Å². The molecule has 9 heteroatoms. The van der Waals surface area contributed by atoms with E-state index in [4.69, 9.17) is 17.3 Å². The van der Waals surface area contributed by atoms with E-state index in [1.165, 1.54) is 12.1 Å². The van der Waals surface area contributed by atoms with Crippen molar-refractivity contribution in [3.8, 4) is 11.1 Å². The van der Waals surface area contributed by atoms with Gasteiger partial charge in [0.15, 0.2) is 0 Å². The molecular formula is C34H41ClF2N4OS. The molecular weight excluding hydrogens is 586 g/mol. The number of amides is 1. The van der Waals surface area contributed by atoms with Crippen molar-refractivity contribution in [1.29, 1.82) is 0 Å². The van der Waals surface area contributed by atoms with Crippen LogP contribution in [-0.2, 0) is 17.8 Å². The zero-order valence-electron chi connectivity index (χ0n) is 24.8. The Balaban J connectivity index is 1.08. The normalized spacial score (nSPS) is 17.7. The number of hydrogen-bond donors (Lipinski definition) is 1. The van der Waals surface area contributed by atoms with E-state index in [-0.39, 0.29) is 23.5 Å². The summed E-state index contributed by atoms with van der Waals surface area (Å²) in [6.07, 6.45) is 2.59. The van der Waals surface area contributed by atoms with Gasteiger partial charge >= 0.3 is 0 Å². The molecule has 43 heavy (non-hydrogen) atoms. The van der Waals surface area contributed by atoms with Crippen molar-refractivity contribution >= 4 is 29.3 Å². The summed E-state index contributed by atoms with van der Waals surface area (Å²) in [5, 5.41) is 0.676. The van der Waals surface area contributed by atoms with Crippen LogP contribution in [0.3, 0.4) is 0 Å². The average Bonchev–Trinajstić information content (AvgIpc) is 3.01. The molecule has 0 spiro atoms. The van der Waals surface area contributed by atoms with Gasteiger partial charge in [-0.1, -0.05) is 42.8 Å². The molecule has 3 aromatic carbocycles. The Morgan fingerprint density at radius 2 is 1.67 bits per heavy atom. The molecule has 1 amide bonds. The van der Waals surface area contributed by atoms with Crippen LogP contribution in [-0.4, -0.2) is 78.2 Å². The topological polar surface area (TPSA) is 52.8 Å². The number of carbonyl (C=O) groups is 1. The van der Waals surface area contributed by atoms with Gasteiger partial charge in [-0.3, -0.25) is 9.69 Å². The molecule has 1 atom stereocenters. The van der Waals surface area contributed by atoms with Crippen LogP contribution < -0.4 is 5.73 Å². The predicted octanol–water partition coefficient (Wildman–Crippen LogP) is 6.32. The monoisotopic (exact) mass is 626 g/mol. The summed E-state index contributed by atoms with van der Waals surface area (Å²) < 4.78 is 27.6. The molecule has 0 saturated carbocycles. The minimum Gasteiger partial charge on any atom is -0.339 e. The Labute approximate surface area is 263 Å². The van der Waals surface area contributed by atoms with Gasteiger partial charge in [0.05, 0.1) is 6.04 Å². The van der Waals surface area contributed by atoms with Crippen molar-refractivity contribution in [3.05, 3.63) is 88.4 Å². The zero-order valence-corrected chi connectivity index (χ0v) is 26.4. The minimum atomic E-state index is -0.481. The first-order chi connectivity index (χ1) is 20.8. The summed E-state index contributed by atoms with van der Waals surface area (Å²) in [4.78, 5) is 21.0. The molecule has 5 rings (SSSR count). The van der Waals surface area contributed by atoms with Crippen LogP contribution in [0.4, 0.5) is 8.78 Å². The van der Waals surface area contributed by atoms with E-state index in [0.29, 0.717) is 18.1 Å². The van der Waals surface area contributed by atoms with Crippen LogP contribution in [0.2, 0.25) is 5.02 Å². The highest BCUT2D eigenvalue weighted by atomic mass is 35.5. The Kier molecular flexibility index (Phi) is 11.1. The molecule has 0 aliphatic carbocycles. The largest absolute Gasteiger partial charge is 0.339 e. The molecule has 2 aliphatic heterocycles. The van der Waals surface area contributed by atoms with E-state index in [2.05, 4.69) is 16.7 Å². The lowest BCUT2D eigenvalue weighted by atomic mass is 9.88. The van der Waals surface area contributed by atoms with Crippen molar-refractivity contribution in [2.75, 3.05) is 51.6 Å². The summed E-state index contributed by atoms with van der Waals surface area (Å²) >= 11 is 7.98. The van der Waals surface area contributed by atoms with Gasteiger partial charge in [0, 0.05) is 49.2 Å². The number of nitrogens with two attached hydrogens (primary N) is 1. The first kappa shape index (κ1) is 31.9. The van der Waals surface area contributed by atoms with Gasteiger partial charge in [0.2, 0.25) is 5.91 Å². The molecule has 2 fully saturated rings. The van der Waals surface area contributed by atoms with Crippen LogP contribution in [0.25, 0.3) is 11.1 Å². The Hall–Kier alpha value is -2.49. The maximum absolute atomic E-state index is 13.9. The molecule has 3 aromatic rings. The summed E-state index contributed by atoms with van der Waals surface area (Å²) in [6.45, 7) is 8.38. The lowest BCUT2D eigenvalue weighted by Gasteiger charge is -2.39. The lowest BCUT2D eigenvalue weighted by Crippen LogP contribution is -2.55. The van der Waals surface area contributed by atoms with Crippen molar-refractivity contribution < 1.29 is 13.6 Å². The second-order valence-electron chi connectivity index (χ2n) is 11.6. The second kappa shape index (κ2) is 15.0. The number of rotatable bonds is 10. The Morgan fingerprint density at radius 3 is 2.40 bits per heavy atom. The van der Waals surface area contributed by atoms with E-state index in [9.17, 15) is 13.6 Å². The fourth-order valence-electron chi connectivity index (χ4n) is 6.25. The van der Waals surface area contributed by atoms with Gasteiger partial charge < -0.3 is 15.5 Å². The molecule has 2 aliphatic rings. The first-order valence-corrected chi connectivity index (χ1v) is 16.6. The number of thioether (sulfide) groups is 1. The Morgan fingerprint density at radius 1 is 0.930 bits per heavy atom. The SMILES string of the molecule is CCSc1cc(F)ccc1CN1CCN(C(=O)[C@H](N)C2CCN(CCc3cc(Cl)ccc3-c3cccc(F)c3)CC2)CC1. The smallest absolute Gasteiger partial charge is 0.239 e. The molecule has 2 N–H and O–H groups in total. The number of hydrogen-bond acceptors (Lipinski definition) is 5. The number of piperidine rings is 1. The van der Waals surface area contributed by atoms with E-state index in [0.717, 1.165) is 91.4 Å². The number of piperazine rings is 1. The highest BCUT2D eigenvalue weighted by Crippen LogP contribution is 2.29. The molecule has 0 bridgehead atoms. The number of benzene rings is 3. The first-order valence-electron chi connectivity index (χ1n) is 15.3. The maximum atomic E-state index is 13.9. The summed E-state index contributed by atoms with van der Waals surface area (Å²) in [5.41, 5.74) is 10.7. The molecule has 2 saturated heterocycles. The van der Waals surface area contributed by atoms with Crippen molar-refractivity contribution in [2.24, 2.45) is 11.7 Å². The van der Waals surface area contributed by atoms with Gasteiger partial charge in [-0.25, -0.2) is 8.78 Å².